The topological polar surface area (TPSA) is 3.24 Å². The van der Waals surface area contributed by atoms with Crippen LogP contribution in [0.3, 0.4) is 0 Å². The van der Waals surface area contributed by atoms with E-state index in [9.17, 15) is 0 Å². The maximum atomic E-state index is 2.55. The molecule has 2 rings (SSSR count). The van der Waals surface area contributed by atoms with Gasteiger partial charge in [-0.25, -0.2) is 0 Å². The fraction of sp³-hybridized carbons (Fsp3) is 1.00. The first-order valence-corrected chi connectivity index (χ1v) is 5.34. The van der Waals surface area contributed by atoms with E-state index in [-0.39, 0.29) is 0 Å². The van der Waals surface area contributed by atoms with Crippen LogP contribution in [0.1, 0.15) is 39.5 Å². The Kier molecular flexibility index (Phi) is 1.95. The Morgan fingerprint density at radius 3 is 2.42 bits per heavy atom. The van der Waals surface area contributed by atoms with Crippen LogP contribution in [0.2, 0.25) is 0 Å². The zero-order valence-electron chi connectivity index (χ0n) is 8.64. The summed E-state index contributed by atoms with van der Waals surface area (Å²) in [5, 5.41) is 0. The van der Waals surface area contributed by atoms with Crippen LogP contribution in [0, 0.1) is 11.3 Å². The van der Waals surface area contributed by atoms with E-state index in [0.29, 0.717) is 0 Å². The van der Waals surface area contributed by atoms with E-state index in [1.807, 2.05) is 0 Å². The highest BCUT2D eigenvalue weighted by Gasteiger charge is 2.53. The molecule has 1 heteroatoms. The molecule has 1 nitrogen and oxygen atoms in total. The Bertz CT molecular complexity index is 170. The van der Waals surface area contributed by atoms with Crippen molar-refractivity contribution in [2.75, 3.05) is 13.6 Å². The Morgan fingerprint density at radius 2 is 2.08 bits per heavy atom. The minimum Gasteiger partial charge on any atom is -0.302 e. The molecule has 1 spiro atoms. The van der Waals surface area contributed by atoms with Gasteiger partial charge in [0.15, 0.2) is 0 Å². The third-order valence-corrected chi connectivity index (χ3v) is 3.85. The van der Waals surface area contributed by atoms with E-state index >= 15 is 0 Å². The quantitative estimate of drug-likeness (QED) is 0.611. The van der Waals surface area contributed by atoms with Crippen molar-refractivity contribution in [3.8, 4) is 0 Å². The highest BCUT2D eigenvalue weighted by atomic mass is 15.2. The minimum absolute atomic E-state index is 0.791. The van der Waals surface area contributed by atoms with Crippen molar-refractivity contribution in [1.29, 1.82) is 0 Å². The highest BCUT2D eigenvalue weighted by molar-refractivity contribution is 5.07. The van der Waals surface area contributed by atoms with E-state index in [0.717, 1.165) is 17.4 Å². The third-order valence-electron chi connectivity index (χ3n) is 3.85. The van der Waals surface area contributed by atoms with Gasteiger partial charge in [0.2, 0.25) is 0 Å². The van der Waals surface area contributed by atoms with Gasteiger partial charge in [0.1, 0.15) is 0 Å². The summed E-state index contributed by atoms with van der Waals surface area (Å²) in [4.78, 5) is 2.55. The van der Waals surface area contributed by atoms with Gasteiger partial charge in [-0.3, -0.25) is 0 Å². The van der Waals surface area contributed by atoms with Crippen LogP contribution in [-0.2, 0) is 0 Å². The van der Waals surface area contributed by atoms with Crippen LogP contribution in [0.15, 0.2) is 0 Å². The molecule has 1 heterocycles. The molecule has 1 saturated heterocycles. The normalized spacial score (nSPS) is 33.5. The van der Waals surface area contributed by atoms with Gasteiger partial charge < -0.3 is 4.90 Å². The molecule has 0 radical (unpaired) electrons. The van der Waals surface area contributed by atoms with Crippen molar-refractivity contribution < 1.29 is 0 Å². The summed E-state index contributed by atoms with van der Waals surface area (Å²) in [5.41, 5.74) is 0.791. The fourth-order valence-corrected chi connectivity index (χ4v) is 3.07. The van der Waals surface area contributed by atoms with Crippen molar-refractivity contribution >= 4 is 0 Å². The first-order valence-electron chi connectivity index (χ1n) is 5.34. The summed E-state index contributed by atoms with van der Waals surface area (Å²) in [6, 6.07) is 0.922. The van der Waals surface area contributed by atoms with Gasteiger partial charge in [-0.1, -0.05) is 20.3 Å². The predicted molar refractivity (Wildman–Crippen MR) is 52.2 cm³/mol. The van der Waals surface area contributed by atoms with Gasteiger partial charge in [-0.05, 0) is 37.6 Å². The fourth-order valence-electron chi connectivity index (χ4n) is 3.07. The molecule has 0 aromatic heterocycles. The second-order valence-electron chi connectivity index (χ2n) is 5.28. The number of likely N-dealkylation sites (tertiary alicyclic amines) is 1. The van der Waals surface area contributed by atoms with Crippen molar-refractivity contribution in [1.82, 2.24) is 4.90 Å². The highest BCUT2D eigenvalue weighted by Crippen LogP contribution is 2.53. The molecule has 0 amide bonds. The zero-order chi connectivity index (χ0) is 8.77. The van der Waals surface area contributed by atoms with Crippen molar-refractivity contribution in [2.24, 2.45) is 11.3 Å². The lowest BCUT2D eigenvalue weighted by molar-refractivity contribution is -0.118. The standard InChI is InChI=1S/C11H21N/c1-9(2)7-10-11(5-4-6-11)8-12(10)3/h9-10H,4-8H2,1-3H3. The van der Waals surface area contributed by atoms with Crippen LogP contribution >= 0.6 is 0 Å². The molecule has 0 aromatic rings. The predicted octanol–water partition coefficient (Wildman–Crippen LogP) is 2.52. The van der Waals surface area contributed by atoms with E-state index in [1.165, 1.54) is 32.2 Å². The monoisotopic (exact) mass is 167 g/mol. The van der Waals surface area contributed by atoms with Crippen molar-refractivity contribution in [2.45, 2.75) is 45.6 Å². The molecule has 0 aromatic carbocycles. The third kappa shape index (κ3) is 1.10. The van der Waals surface area contributed by atoms with Gasteiger partial charge >= 0.3 is 0 Å². The Labute approximate surface area is 76.1 Å². The van der Waals surface area contributed by atoms with E-state index in [2.05, 4.69) is 25.8 Å². The Balaban J connectivity index is 1.93. The second kappa shape index (κ2) is 2.73. The van der Waals surface area contributed by atoms with Gasteiger partial charge in [0, 0.05) is 12.6 Å². The first kappa shape index (κ1) is 8.55. The number of hydrogen-bond acceptors (Lipinski definition) is 1. The van der Waals surface area contributed by atoms with Crippen LogP contribution in [0.5, 0.6) is 0 Å². The van der Waals surface area contributed by atoms with Crippen molar-refractivity contribution in [3.63, 3.8) is 0 Å². The maximum Gasteiger partial charge on any atom is 0.0164 e. The number of rotatable bonds is 2. The molecule has 1 aliphatic carbocycles. The smallest absolute Gasteiger partial charge is 0.0164 e. The SMILES string of the molecule is CC(C)CC1N(C)CC12CCC2. The van der Waals surface area contributed by atoms with Gasteiger partial charge in [-0.2, -0.15) is 0 Å². The van der Waals surface area contributed by atoms with E-state index in [1.54, 1.807) is 0 Å². The minimum atomic E-state index is 0.791. The second-order valence-corrected chi connectivity index (χ2v) is 5.28. The molecule has 0 N–H and O–H groups in total. The van der Waals surface area contributed by atoms with Gasteiger partial charge in [0.25, 0.3) is 0 Å². The lowest BCUT2D eigenvalue weighted by Crippen LogP contribution is -2.66. The largest absolute Gasteiger partial charge is 0.302 e. The summed E-state index contributed by atoms with van der Waals surface area (Å²) in [6.07, 6.45) is 5.92. The number of nitrogens with zero attached hydrogens (tertiary/aromatic N) is 1. The van der Waals surface area contributed by atoms with Crippen LogP contribution in [0.4, 0.5) is 0 Å². The molecule has 12 heavy (non-hydrogen) atoms. The molecule has 1 saturated carbocycles. The lowest BCUT2D eigenvalue weighted by Gasteiger charge is -2.62. The molecule has 2 fully saturated rings. The van der Waals surface area contributed by atoms with Crippen LogP contribution in [-0.4, -0.2) is 24.5 Å². The summed E-state index contributed by atoms with van der Waals surface area (Å²) >= 11 is 0. The van der Waals surface area contributed by atoms with Gasteiger partial charge in [0.05, 0.1) is 0 Å². The average molecular weight is 167 g/mol. The molecule has 1 aliphatic heterocycles. The molecule has 0 bridgehead atoms. The van der Waals surface area contributed by atoms with Crippen molar-refractivity contribution in [3.05, 3.63) is 0 Å². The lowest BCUT2D eigenvalue weighted by atomic mass is 9.57. The molecule has 1 unspecified atom stereocenters. The van der Waals surface area contributed by atoms with Crippen LogP contribution < -0.4 is 0 Å². The summed E-state index contributed by atoms with van der Waals surface area (Å²) in [6.45, 7) is 6.07. The molecular formula is C11H21N. The van der Waals surface area contributed by atoms with Crippen LogP contribution in [0.25, 0.3) is 0 Å². The zero-order valence-corrected chi connectivity index (χ0v) is 8.64. The first-order chi connectivity index (χ1) is 5.64. The summed E-state index contributed by atoms with van der Waals surface area (Å²) in [7, 11) is 2.29. The molecular weight excluding hydrogens is 146 g/mol. The maximum absolute atomic E-state index is 2.55. The Morgan fingerprint density at radius 1 is 1.42 bits per heavy atom. The summed E-state index contributed by atoms with van der Waals surface area (Å²) < 4.78 is 0. The average Bonchev–Trinajstić information content (AvgIpc) is 1.91. The van der Waals surface area contributed by atoms with E-state index in [4.69, 9.17) is 0 Å². The molecule has 2 aliphatic rings. The Hall–Kier alpha value is -0.0400. The summed E-state index contributed by atoms with van der Waals surface area (Å²) in [5.74, 6) is 0.871. The molecule has 70 valence electrons. The van der Waals surface area contributed by atoms with E-state index < -0.39 is 0 Å². The van der Waals surface area contributed by atoms with Gasteiger partial charge in [-0.15, -0.1) is 0 Å². The molecule has 1 atom stereocenters. The number of hydrogen-bond donors (Lipinski definition) is 0.